The van der Waals surface area contributed by atoms with E-state index >= 15 is 0 Å². The maximum atomic E-state index is 12.5. The summed E-state index contributed by atoms with van der Waals surface area (Å²) in [7, 11) is -3.02. The molecule has 29 heavy (non-hydrogen) atoms. The summed E-state index contributed by atoms with van der Waals surface area (Å²) in [5.74, 6) is 0.168. The molecule has 2 aliphatic heterocycles. The number of thioether (sulfide) groups is 1. The third kappa shape index (κ3) is 5.08. The molecule has 0 unspecified atom stereocenters. The van der Waals surface area contributed by atoms with E-state index in [1.807, 2.05) is 53.4 Å². The summed E-state index contributed by atoms with van der Waals surface area (Å²) in [6.45, 7) is 0.665. The lowest BCUT2D eigenvalue weighted by molar-refractivity contribution is -0.117. The first-order valence-electron chi connectivity index (χ1n) is 9.83. The molecule has 0 aliphatic carbocycles. The highest BCUT2D eigenvalue weighted by Crippen LogP contribution is 2.38. The van der Waals surface area contributed by atoms with Gasteiger partial charge in [-0.15, -0.1) is 0 Å². The fourth-order valence-electron chi connectivity index (χ4n) is 3.85. The van der Waals surface area contributed by atoms with Gasteiger partial charge in [-0.3, -0.25) is 4.79 Å². The number of hydrogen-bond acceptors (Lipinski definition) is 4. The second kappa shape index (κ2) is 8.71. The Hall–Kier alpha value is -2.12. The van der Waals surface area contributed by atoms with E-state index in [1.165, 1.54) is 17.3 Å². The molecule has 0 spiro atoms. The lowest BCUT2D eigenvalue weighted by atomic mass is 10.1. The Balaban J connectivity index is 1.46. The van der Waals surface area contributed by atoms with Crippen molar-refractivity contribution >= 4 is 32.7 Å². The van der Waals surface area contributed by atoms with Crippen LogP contribution in [-0.2, 0) is 27.5 Å². The van der Waals surface area contributed by atoms with E-state index in [-0.39, 0.29) is 28.7 Å². The second-order valence-corrected chi connectivity index (χ2v) is 10.9. The van der Waals surface area contributed by atoms with Crippen molar-refractivity contribution in [2.24, 2.45) is 4.99 Å². The predicted octanol–water partition coefficient (Wildman–Crippen LogP) is 2.96. The van der Waals surface area contributed by atoms with Gasteiger partial charge in [0.05, 0.1) is 17.5 Å². The van der Waals surface area contributed by atoms with E-state index in [0.717, 1.165) is 12.0 Å². The highest BCUT2D eigenvalue weighted by atomic mass is 32.2. The summed E-state index contributed by atoms with van der Waals surface area (Å²) >= 11 is 1.45. The largest absolute Gasteiger partial charge is 0.346 e. The molecule has 5 nitrogen and oxygen atoms in total. The van der Waals surface area contributed by atoms with Gasteiger partial charge < -0.3 is 4.90 Å². The number of amides is 1. The zero-order chi connectivity index (χ0) is 20.3. The van der Waals surface area contributed by atoms with Crippen LogP contribution in [-0.4, -0.2) is 53.7 Å². The van der Waals surface area contributed by atoms with Crippen LogP contribution in [0.5, 0.6) is 0 Å². The van der Waals surface area contributed by atoms with E-state index in [9.17, 15) is 13.2 Å². The Morgan fingerprint density at radius 2 is 1.59 bits per heavy atom. The van der Waals surface area contributed by atoms with Crippen LogP contribution in [0.2, 0.25) is 0 Å². The summed E-state index contributed by atoms with van der Waals surface area (Å²) in [4.78, 5) is 18.9. The number of sulfone groups is 1. The number of carbonyl (C=O) groups is 1. The summed E-state index contributed by atoms with van der Waals surface area (Å²) < 4.78 is 24.2. The van der Waals surface area contributed by atoms with E-state index in [0.29, 0.717) is 24.6 Å². The Morgan fingerprint density at radius 1 is 0.966 bits per heavy atom. The minimum atomic E-state index is -3.02. The number of rotatable bonds is 6. The minimum Gasteiger partial charge on any atom is -0.346 e. The molecule has 2 saturated heterocycles. The van der Waals surface area contributed by atoms with Crippen LogP contribution in [0.4, 0.5) is 0 Å². The van der Waals surface area contributed by atoms with E-state index in [2.05, 4.69) is 17.1 Å². The standard InChI is InChI=1S/C22H24N2O3S2/c25-21(12-11-17-7-3-1-4-8-17)23-22-24(14-13-18-9-5-2-6-10-18)19-15-29(26,27)16-20(19)28-22/h1-10,19-20H,11-16H2/t19-,20-/m0/s1. The van der Waals surface area contributed by atoms with Crippen LogP contribution < -0.4 is 0 Å². The van der Waals surface area contributed by atoms with Crippen LogP contribution >= 0.6 is 11.8 Å². The van der Waals surface area contributed by atoms with Gasteiger partial charge in [0.2, 0.25) is 5.91 Å². The third-order valence-corrected chi connectivity index (χ3v) is 8.60. The maximum Gasteiger partial charge on any atom is 0.248 e. The van der Waals surface area contributed by atoms with Crippen LogP contribution in [0.3, 0.4) is 0 Å². The van der Waals surface area contributed by atoms with Gasteiger partial charge >= 0.3 is 0 Å². The molecule has 0 N–H and O–H groups in total. The van der Waals surface area contributed by atoms with E-state index < -0.39 is 9.84 Å². The zero-order valence-electron chi connectivity index (χ0n) is 16.1. The van der Waals surface area contributed by atoms with E-state index in [1.54, 1.807) is 0 Å². The Labute approximate surface area is 176 Å². The molecule has 152 valence electrons. The molecule has 2 aliphatic rings. The first-order chi connectivity index (χ1) is 14.0. The van der Waals surface area contributed by atoms with Crippen molar-refractivity contribution in [1.82, 2.24) is 4.90 Å². The van der Waals surface area contributed by atoms with Crippen molar-refractivity contribution in [3.63, 3.8) is 0 Å². The lowest BCUT2D eigenvalue weighted by Crippen LogP contribution is -2.39. The summed E-state index contributed by atoms with van der Waals surface area (Å²) in [6, 6.07) is 19.9. The molecule has 2 aromatic rings. The molecule has 0 saturated carbocycles. The van der Waals surface area contributed by atoms with Gasteiger partial charge in [0.1, 0.15) is 0 Å². The van der Waals surface area contributed by atoms with Crippen LogP contribution in [0.15, 0.2) is 65.7 Å². The number of fused-ring (bicyclic) bond motifs is 1. The van der Waals surface area contributed by atoms with Crippen molar-refractivity contribution in [3.05, 3.63) is 71.8 Å². The van der Waals surface area contributed by atoms with Gasteiger partial charge in [-0.25, -0.2) is 8.42 Å². The third-order valence-electron chi connectivity index (χ3n) is 5.35. The highest BCUT2D eigenvalue weighted by Gasteiger charge is 2.48. The molecule has 4 rings (SSSR count). The predicted molar refractivity (Wildman–Crippen MR) is 118 cm³/mol. The molecule has 2 aromatic carbocycles. The summed E-state index contributed by atoms with van der Waals surface area (Å²) in [6.07, 6.45) is 1.81. The van der Waals surface area contributed by atoms with Crippen molar-refractivity contribution in [2.45, 2.75) is 30.6 Å². The number of benzene rings is 2. The molecule has 0 bridgehead atoms. The van der Waals surface area contributed by atoms with Gasteiger partial charge in [-0.05, 0) is 24.0 Å². The van der Waals surface area contributed by atoms with Crippen molar-refractivity contribution in [1.29, 1.82) is 0 Å². The van der Waals surface area contributed by atoms with Gasteiger partial charge in [0.25, 0.3) is 0 Å². The molecular formula is C22H24N2O3S2. The van der Waals surface area contributed by atoms with Gasteiger partial charge in [-0.1, -0.05) is 72.4 Å². The molecule has 2 atom stereocenters. The number of carbonyl (C=O) groups excluding carboxylic acids is 1. The number of nitrogens with zero attached hydrogens (tertiary/aromatic N) is 2. The maximum absolute atomic E-state index is 12.5. The number of aryl methyl sites for hydroxylation is 1. The molecule has 0 aromatic heterocycles. The average Bonchev–Trinajstić information content (AvgIpc) is 3.17. The first kappa shape index (κ1) is 20.2. The fraction of sp³-hybridized carbons (Fsp3) is 0.364. The normalized spacial score (nSPS) is 24.0. The minimum absolute atomic E-state index is 0.0311. The second-order valence-electron chi connectivity index (χ2n) is 7.50. The van der Waals surface area contributed by atoms with Crippen LogP contribution in [0.1, 0.15) is 17.5 Å². The quantitative estimate of drug-likeness (QED) is 0.708. The molecule has 2 heterocycles. The monoisotopic (exact) mass is 428 g/mol. The number of aliphatic imine (C=N–C) groups is 1. The number of hydrogen-bond donors (Lipinski definition) is 0. The number of amidine groups is 1. The Bertz CT molecular complexity index is 991. The van der Waals surface area contributed by atoms with Crippen molar-refractivity contribution in [3.8, 4) is 0 Å². The van der Waals surface area contributed by atoms with Crippen molar-refractivity contribution < 1.29 is 13.2 Å². The Morgan fingerprint density at radius 3 is 2.24 bits per heavy atom. The molecular weight excluding hydrogens is 404 g/mol. The smallest absolute Gasteiger partial charge is 0.248 e. The van der Waals surface area contributed by atoms with Crippen LogP contribution in [0, 0.1) is 0 Å². The topological polar surface area (TPSA) is 66.8 Å². The Kier molecular flexibility index (Phi) is 6.06. The summed E-state index contributed by atoms with van der Waals surface area (Å²) in [5, 5.41) is 0.653. The lowest BCUT2D eigenvalue weighted by Gasteiger charge is -2.24. The van der Waals surface area contributed by atoms with Gasteiger partial charge in [0, 0.05) is 18.2 Å². The molecule has 7 heteroatoms. The zero-order valence-corrected chi connectivity index (χ0v) is 17.7. The molecule has 2 fully saturated rings. The van der Waals surface area contributed by atoms with Gasteiger partial charge in [-0.2, -0.15) is 4.99 Å². The van der Waals surface area contributed by atoms with Crippen molar-refractivity contribution in [2.75, 3.05) is 18.1 Å². The van der Waals surface area contributed by atoms with E-state index in [4.69, 9.17) is 0 Å². The SMILES string of the molecule is O=C(CCc1ccccc1)N=C1S[C@H]2CS(=O)(=O)C[C@@H]2N1CCc1ccccc1. The molecule has 1 amide bonds. The highest BCUT2D eigenvalue weighted by molar-refractivity contribution is 8.15. The molecule has 0 radical (unpaired) electrons. The fourth-order valence-corrected chi connectivity index (χ4v) is 7.84. The average molecular weight is 429 g/mol. The summed E-state index contributed by atoms with van der Waals surface area (Å²) in [5.41, 5.74) is 2.31. The first-order valence-corrected chi connectivity index (χ1v) is 12.5. The van der Waals surface area contributed by atoms with Crippen LogP contribution in [0.25, 0.3) is 0 Å². The van der Waals surface area contributed by atoms with Gasteiger partial charge in [0.15, 0.2) is 15.0 Å².